The van der Waals surface area contributed by atoms with Gasteiger partial charge in [0, 0.05) is 50.1 Å². The SMILES string of the molecule is Cc1ccc(S(=O)(=O)N(C)C)cc1-c1cccc(C[C@H](CC(=O)C2CCC(CNC(=O)OC(C)(C)C)CC2)C(=O)Nc2ccc(-c3noc(=O)[nH]3)cc2)c1. The highest BCUT2D eigenvalue weighted by molar-refractivity contribution is 7.89. The summed E-state index contributed by atoms with van der Waals surface area (Å²) in [6, 6.07) is 19.4. The Morgan fingerprint density at radius 3 is 2.31 bits per heavy atom. The molecule has 1 aliphatic carbocycles. The van der Waals surface area contributed by atoms with E-state index < -0.39 is 33.4 Å². The third kappa shape index (κ3) is 10.5. The number of carbonyl (C=O) groups excluding carboxylic acids is 3. The molecule has 1 fully saturated rings. The summed E-state index contributed by atoms with van der Waals surface area (Å²) in [5.74, 6) is -1.38. The van der Waals surface area contributed by atoms with Crippen molar-refractivity contribution in [2.24, 2.45) is 17.8 Å². The van der Waals surface area contributed by atoms with E-state index in [9.17, 15) is 27.6 Å². The van der Waals surface area contributed by atoms with Crippen LogP contribution in [0.5, 0.6) is 0 Å². The minimum Gasteiger partial charge on any atom is -0.444 e. The van der Waals surface area contributed by atoms with E-state index in [1.807, 2.05) is 52.0 Å². The van der Waals surface area contributed by atoms with E-state index in [-0.39, 0.29) is 47.1 Å². The van der Waals surface area contributed by atoms with Crippen molar-refractivity contribution < 1.29 is 32.1 Å². The van der Waals surface area contributed by atoms with E-state index in [1.165, 1.54) is 18.4 Å². The van der Waals surface area contributed by atoms with Gasteiger partial charge in [0.15, 0.2) is 5.82 Å². The molecule has 0 radical (unpaired) electrons. The van der Waals surface area contributed by atoms with Crippen LogP contribution in [0.1, 0.15) is 64.0 Å². The van der Waals surface area contributed by atoms with Crippen molar-refractivity contribution in [2.75, 3.05) is 26.0 Å². The number of benzene rings is 3. The van der Waals surface area contributed by atoms with Gasteiger partial charge in [-0.15, -0.1) is 0 Å². The monoisotopic (exact) mass is 759 g/mol. The average Bonchev–Trinajstić information content (AvgIpc) is 3.56. The number of H-pyrrole nitrogens is 1. The molecule has 0 unspecified atom stereocenters. The first-order valence-electron chi connectivity index (χ1n) is 18.1. The number of ketones is 1. The number of aromatic nitrogens is 2. The van der Waals surface area contributed by atoms with Crippen molar-refractivity contribution in [3.63, 3.8) is 0 Å². The lowest BCUT2D eigenvalue weighted by atomic mass is 9.77. The molecule has 5 rings (SSSR count). The van der Waals surface area contributed by atoms with Crippen molar-refractivity contribution in [3.8, 4) is 22.5 Å². The highest BCUT2D eigenvalue weighted by Gasteiger charge is 2.31. The van der Waals surface area contributed by atoms with Crippen LogP contribution in [0.3, 0.4) is 0 Å². The summed E-state index contributed by atoms with van der Waals surface area (Å²) >= 11 is 0. The van der Waals surface area contributed by atoms with Crippen molar-refractivity contribution in [1.29, 1.82) is 0 Å². The second-order valence-corrected chi connectivity index (χ2v) is 17.3. The fraction of sp³-hybridized carbons (Fsp3) is 0.425. The molecule has 288 valence electrons. The Labute approximate surface area is 315 Å². The second-order valence-electron chi connectivity index (χ2n) is 15.1. The number of nitrogens with zero attached hydrogens (tertiary/aromatic N) is 2. The van der Waals surface area contributed by atoms with Gasteiger partial charge in [-0.05, 0) is 124 Å². The molecule has 1 aromatic heterocycles. The Hall–Kier alpha value is -5.08. The molecule has 0 aliphatic heterocycles. The normalized spacial score (nSPS) is 16.8. The number of ether oxygens (including phenoxy) is 1. The van der Waals surface area contributed by atoms with Gasteiger partial charge in [0.2, 0.25) is 15.9 Å². The molecular formula is C40H49N5O8S. The zero-order chi connectivity index (χ0) is 39.2. The number of alkyl carbamates (subject to hydrolysis) is 1. The molecule has 3 aromatic carbocycles. The van der Waals surface area contributed by atoms with Crippen molar-refractivity contribution in [1.82, 2.24) is 19.8 Å². The standard InChI is InChI=1S/C40H49N5O8S/c1-25-10-19-33(54(50,51)45(5)6)23-34(25)30-9-7-8-27(20-30)21-31(37(47)42-32-17-15-29(16-18-32)36-43-39(49)53-44-36)22-35(46)28-13-11-26(12-14-28)24-41-38(48)52-40(2,3)4/h7-10,15-20,23,26,28,31H,11-14,21-22,24H2,1-6H3,(H,41,48)(H,42,47)(H,43,44,49)/t26?,28?,31-/m1/s1. The van der Waals surface area contributed by atoms with Gasteiger partial charge in [-0.1, -0.05) is 35.5 Å². The first-order valence-corrected chi connectivity index (χ1v) is 19.5. The van der Waals surface area contributed by atoms with E-state index in [2.05, 4.69) is 25.3 Å². The van der Waals surface area contributed by atoms with Gasteiger partial charge >= 0.3 is 11.8 Å². The molecule has 0 saturated heterocycles. The van der Waals surface area contributed by atoms with Crippen LogP contribution in [-0.2, 0) is 30.8 Å². The molecule has 1 aliphatic rings. The number of hydrogen-bond acceptors (Lipinski definition) is 9. The fourth-order valence-electron chi connectivity index (χ4n) is 6.64. The van der Waals surface area contributed by atoms with Crippen LogP contribution in [0, 0.1) is 24.7 Å². The van der Waals surface area contributed by atoms with E-state index in [0.29, 0.717) is 30.6 Å². The number of anilines is 1. The highest BCUT2D eigenvalue weighted by Crippen LogP contribution is 2.33. The predicted octanol–water partition coefficient (Wildman–Crippen LogP) is 6.34. The summed E-state index contributed by atoms with van der Waals surface area (Å²) in [6.45, 7) is 7.83. The highest BCUT2D eigenvalue weighted by atomic mass is 32.2. The zero-order valence-corrected chi connectivity index (χ0v) is 32.4. The molecule has 13 nitrogen and oxygen atoms in total. The first-order chi connectivity index (χ1) is 25.5. The van der Waals surface area contributed by atoms with Crippen LogP contribution < -0.4 is 16.4 Å². The van der Waals surface area contributed by atoms with E-state index in [1.54, 1.807) is 42.5 Å². The number of sulfonamides is 1. The van der Waals surface area contributed by atoms with Crippen molar-refractivity contribution in [2.45, 2.75) is 76.7 Å². The summed E-state index contributed by atoms with van der Waals surface area (Å²) in [4.78, 5) is 54.0. The second kappa shape index (κ2) is 16.9. The van der Waals surface area contributed by atoms with Gasteiger partial charge < -0.3 is 15.4 Å². The molecule has 0 bridgehead atoms. The summed E-state index contributed by atoms with van der Waals surface area (Å²) in [5, 5.41) is 9.51. The van der Waals surface area contributed by atoms with E-state index >= 15 is 0 Å². The van der Waals surface area contributed by atoms with Gasteiger partial charge in [0.1, 0.15) is 11.4 Å². The van der Waals surface area contributed by atoms with Gasteiger partial charge in [0.05, 0.1) is 4.90 Å². The lowest BCUT2D eigenvalue weighted by molar-refractivity contribution is -0.129. The third-order valence-corrected chi connectivity index (χ3v) is 11.4. The number of aryl methyl sites for hydroxylation is 1. The lowest BCUT2D eigenvalue weighted by Crippen LogP contribution is -2.37. The van der Waals surface area contributed by atoms with Crippen LogP contribution in [-0.4, -0.2) is 66.9 Å². The van der Waals surface area contributed by atoms with Gasteiger partial charge in [-0.2, -0.15) is 0 Å². The molecule has 1 saturated carbocycles. The molecule has 0 spiro atoms. The van der Waals surface area contributed by atoms with Gasteiger partial charge in [0.25, 0.3) is 0 Å². The molecule has 1 atom stereocenters. The maximum Gasteiger partial charge on any atom is 0.439 e. The van der Waals surface area contributed by atoms with Crippen LogP contribution in [0.4, 0.5) is 10.5 Å². The molecule has 14 heteroatoms. The predicted molar refractivity (Wildman–Crippen MR) is 205 cm³/mol. The molecule has 2 amide bonds. The third-order valence-electron chi connectivity index (χ3n) is 9.63. The Bertz CT molecular complexity index is 2130. The molecule has 1 heterocycles. The summed E-state index contributed by atoms with van der Waals surface area (Å²) < 4.78 is 37.0. The number of aromatic amines is 1. The summed E-state index contributed by atoms with van der Waals surface area (Å²) in [5.41, 5.74) is 3.78. The van der Waals surface area contributed by atoms with Crippen LogP contribution >= 0.6 is 0 Å². The minimum absolute atomic E-state index is 0.0210. The number of amides is 2. The molecule has 3 N–H and O–H groups in total. The summed E-state index contributed by atoms with van der Waals surface area (Å²) in [6.07, 6.45) is 2.73. The maximum atomic E-state index is 14.0. The van der Waals surface area contributed by atoms with Crippen molar-refractivity contribution in [3.05, 3.63) is 88.4 Å². The largest absolute Gasteiger partial charge is 0.444 e. The zero-order valence-electron chi connectivity index (χ0n) is 31.6. The van der Waals surface area contributed by atoms with Gasteiger partial charge in [-0.3, -0.25) is 19.1 Å². The smallest absolute Gasteiger partial charge is 0.439 e. The first kappa shape index (κ1) is 40.1. The number of rotatable bonds is 13. The summed E-state index contributed by atoms with van der Waals surface area (Å²) in [7, 11) is -0.677. The number of hydrogen-bond donors (Lipinski definition) is 3. The Balaban J connectivity index is 1.32. The van der Waals surface area contributed by atoms with Crippen molar-refractivity contribution >= 4 is 33.5 Å². The molecular weight excluding hydrogens is 711 g/mol. The quantitative estimate of drug-likeness (QED) is 0.140. The van der Waals surface area contributed by atoms with E-state index in [4.69, 9.17) is 4.74 Å². The Kier molecular flexibility index (Phi) is 12.6. The lowest BCUT2D eigenvalue weighted by Gasteiger charge is -2.29. The average molecular weight is 760 g/mol. The van der Waals surface area contributed by atoms with Crippen LogP contribution in [0.2, 0.25) is 0 Å². The number of carbonyl (C=O) groups is 3. The minimum atomic E-state index is -3.66. The number of nitrogens with one attached hydrogen (secondary N) is 3. The number of Topliss-reactive ketones (excluding diaryl/α,β-unsaturated/α-hetero) is 1. The fourth-order valence-corrected chi connectivity index (χ4v) is 7.57. The van der Waals surface area contributed by atoms with Crippen LogP contribution in [0.25, 0.3) is 22.5 Å². The maximum absolute atomic E-state index is 14.0. The molecule has 54 heavy (non-hydrogen) atoms. The Morgan fingerprint density at radius 2 is 1.69 bits per heavy atom. The van der Waals surface area contributed by atoms with Crippen LogP contribution in [0.15, 0.2) is 80.9 Å². The molecule has 4 aromatic rings. The Morgan fingerprint density at radius 1 is 0.981 bits per heavy atom. The topological polar surface area (TPSA) is 181 Å². The van der Waals surface area contributed by atoms with Gasteiger partial charge in [-0.25, -0.2) is 22.3 Å². The van der Waals surface area contributed by atoms with E-state index in [0.717, 1.165) is 35.1 Å².